The Hall–Kier alpha value is -2.15. The van der Waals surface area contributed by atoms with Gasteiger partial charge < -0.3 is 14.8 Å². The Bertz CT molecular complexity index is 536. The number of hydrogen-bond donors (Lipinski definition) is 2. The zero-order valence-electron chi connectivity index (χ0n) is 11.3. The highest BCUT2D eigenvalue weighted by Crippen LogP contribution is 2.07. The summed E-state index contributed by atoms with van der Waals surface area (Å²) in [6, 6.07) is 3.13. The van der Waals surface area contributed by atoms with Crippen molar-refractivity contribution in [2.45, 2.75) is 32.4 Å². The Morgan fingerprint density at radius 2 is 2.45 bits per heavy atom. The second-order valence-electron chi connectivity index (χ2n) is 4.49. The summed E-state index contributed by atoms with van der Waals surface area (Å²) in [4.78, 5) is 12.0. The molecule has 2 heterocycles. The number of nitrogens with one attached hydrogen (secondary N) is 1. The number of nitrogens with zero attached hydrogens (tertiary/aromatic N) is 3. The zero-order chi connectivity index (χ0) is 14.4. The van der Waals surface area contributed by atoms with E-state index in [0.29, 0.717) is 25.1 Å². The third-order valence-corrected chi connectivity index (χ3v) is 2.94. The van der Waals surface area contributed by atoms with Crippen molar-refractivity contribution in [1.29, 1.82) is 0 Å². The van der Waals surface area contributed by atoms with Gasteiger partial charge in [0.2, 0.25) is 5.91 Å². The molecule has 1 atom stereocenters. The topological polar surface area (TPSA) is 93.2 Å². The minimum atomic E-state index is -0.444. The van der Waals surface area contributed by atoms with Gasteiger partial charge in [-0.15, -0.1) is 5.10 Å². The van der Waals surface area contributed by atoms with Crippen LogP contribution in [0, 0.1) is 0 Å². The van der Waals surface area contributed by atoms with Gasteiger partial charge in [0, 0.05) is 12.8 Å². The van der Waals surface area contributed by atoms with E-state index in [9.17, 15) is 4.79 Å². The van der Waals surface area contributed by atoms with Crippen molar-refractivity contribution < 1.29 is 14.3 Å². The molecule has 0 fully saturated rings. The van der Waals surface area contributed by atoms with Gasteiger partial charge in [-0.25, -0.2) is 4.68 Å². The van der Waals surface area contributed by atoms with E-state index >= 15 is 0 Å². The second kappa shape index (κ2) is 6.85. The molecule has 1 amide bonds. The van der Waals surface area contributed by atoms with Gasteiger partial charge in [-0.3, -0.25) is 4.79 Å². The second-order valence-corrected chi connectivity index (χ2v) is 4.49. The normalized spacial score (nSPS) is 12.3. The van der Waals surface area contributed by atoms with Gasteiger partial charge in [0.15, 0.2) is 0 Å². The van der Waals surface area contributed by atoms with E-state index in [2.05, 4.69) is 15.6 Å². The molecule has 2 rings (SSSR count). The smallest absolute Gasteiger partial charge is 0.245 e. The molecule has 0 aliphatic heterocycles. The first-order valence-electron chi connectivity index (χ1n) is 6.52. The van der Waals surface area contributed by atoms with Crippen LogP contribution in [0.25, 0.3) is 0 Å². The number of carbonyl (C=O) groups excluding carboxylic acids is 1. The number of furan rings is 1. The molecule has 0 radical (unpaired) electrons. The summed E-state index contributed by atoms with van der Waals surface area (Å²) in [5.41, 5.74) is 0.768. The highest BCUT2D eigenvalue weighted by Gasteiger charge is 2.16. The molecular weight excluding hydrogens is 260 g/mol. The highest BCUT2D eigenvalue weighted by atomic mass is 16.3. The maximum Gasteiger partial charge on any atom is 0.245 e. The average molecular weight is 278 g/mol. The fourth-order valence-electron chi connectivity index (χ4n) is 1.73. The van der Waals surface area contributed by atoms with Crippen LogP contribution in [0.4, 0.5) is 0 Å². The first kappa shape index (κ1) is 14.3. The largest absolute Gasteiger partial charge is 0.467 e. The zero-order valence-corrected chi connectivity index (χ0v) is 11.3. The van der Waals surface area contributed by atoms with Gasteiger partial charge in [0.1, 0.15) is 11.8 Å². The van der Waals surface area contributed by atoms with Crippen LogP contribution in [0.1, 0.15) is 30.8 Å². The number of aryl methyl sites for hydroxylation is 1. The van der Waals surface area contributed by atoms with Gasteiger partial charge in [-0.1, -0.05) is 5.21 Å². The summed E-state index contributed by atoms with van der Waals surface area (Å²) in [7, 11) is 0. The maximum absolute atomic E-state index is 12.0. The summed E-state index contributed by atoms with van der Waals surface area (Å²) in [5, 5.41) is 19.4. The summed E-state index contributed by atoms with van der Waals surface area (Å²) in [6.45, 7) is 2.22. The quantitative estimate of drug-likeness (QED) is 0.776. The number of carbonyl (C=O) groups is 1. The monoisotopic (exact) mass is 278 g/mol. The van der Waals surface area contributed by atoms with E-state index in [1.807, 2.05) is 0 Å². The SMILES string of the molecule is CC(C(=O)NCc1ccco1)n1cc(CCCO)nn1. The molecule has 0 saturated carbocycles. The van der Waals surface area contributed by atoms with Crippen molar-refractivity contribution >= 4 is 5.91 Å². The van der Waals surface area contributed by atoms with Crippen molar-refractivity contribution in [2.75, 3.05) is 6.61 Å². The Morgan fingerprint density at radius 3 is 3.15 bits per heavy atom. The Morgan fingerprint density at radius 1 is 1.60 bits per heavy atom. The molecule has 7 heteroatoms. The maximum atomic E-state index is 12.0. The van der Waals surface area contributed by atoms with Gasteiger partial charge >= 0.3 is 0 Å². The molecule has 0 bridgehead atoms. The lowest BCUT2D eigenvalue weighted by molar-refractivity contribution is -0.124. The summed E-state index contributed by atoms with van der Waals surface area (Å²) in [6.07, 6.45) is 4.58. The Kier molecular flexibility index (Phi) is 4.89. The molecule has 20 heavy (non-hydrogen) atoms. The third kappa shape index (κ3) is 3.67. The lowest BCUT2D eigenvalue weighted by Crippen LogP contribution is -2.30. The minimum Gasteiger partial charge on any atom is -0.467 e. The number of hydrogen-bond acceptors (Lipinski definition) is 5. The number of aliphatic hydroxyl groups excluding tert-OH is 1. The van der Waals surface area contributed by atoms with Gasteiger partial charge in [0.25, 0.3) is 0 Å². The molecule has 1 unspecified atom stereocenters. The van der Waals surface area contributed by atoms with Crippen molar-refractivity contribution in [3.63, 3.8) is 0 Å². The van der Waals surface area contributed by atoms with Crippen LogP contribution >= 0.6 is 0 Å². The van der Waals surface area contributed by atoms with E-state index in [1.54, 1.807) is 31.5 Å². The highest BCUT2D eigenvalue weighted by molar-refractivity contribution is 5.79. The number of rotatable bonds is 7. The fourth-order valence-corrected chi connectivity index (χ4v) is 1.73. The first-order chi connectivity index (χ1) is 9.70. The van der Waals surface area contributed by atoms with Gasteiger partial charge in [0.05, 0.1) is 18.5 Å². The molecule has 2 aromatic heterocycles. The Labute approximate surface area is 116 Å². The van der Waals surface area contributed by atoms with Crippen LogP contribution < -0.4 is 5.32 Å². The molecule has 0 aliphatic rings. The fraction of sp³-hybridized carbons (Fsp3) is 0.462. The third-order valence-electron chi connectivity index (χ3n) is 2.94. The van der Waals surface area contributed by atoms with E-state index in [-0.39, 0.29) is 12.5 Å². The van der Waals surface area contributed by atoms with Crippen LogP contribution in [0.2, 0.25) is 0 Å². The van der Waals surface area contributed by atoms with Crippen LogP contribution in [0.3, 0.4) is 0 Å². The first-order valence-corrected chi connectivity index (χ1v) is 6.52. The van der Waals surface area contributed by atoms with Gasteiger partial charge in [-0.05, 0) is 31.9 Å². The van der Waals surface area contributed by atoms with E-state index in [1.165, 1.54) is 4.68 Å². The molecule has 2 N–H and O–H groups in total. The molecule has 0 aromatic carbocycles. The van der Waals surface area contributed by atoms with Crippen molar-refractivity contribution in [3.8, 4) is 0 Å². The van der Waals surface area contributed by atoms with Crippen molar-refractivity contribution in [3.05, 3.63) is 36.0 Å². The van der Waals surface area contributed by atoms with Crippen LogP contribution in [0.5, 0.6) is 0 Å². The average Bonchev–Trinajstić information content (AvgIpc) is 3.12. The van der Waals surface area contributed by atoms with E-state index in [4.69, 9.17) is 9.52 Å². The molecule has 2 aromatic rings. The lowest BCUT2D eigenvalue weighted by atomic mass is 10.2. The number of aliphatic hydroxyl groups is 1. The van der Waals surface area contributed by atoms with Crippen LogP contribution in [-0.4, -0.2) is 32.6 Å². The molecule has 0 aliphatic carbocycles. The lowest BCUT2D eigenvalue weighted by Gasteiger charge is -2.10. The van der Waals surface area contributed by atoms with Crippen LogP contribution in [0.15, 0.2) is 29.0 Å². The predicted octanol–water partition coefficient (Wildman–Crippen LogP) is 0.673. The summed E-state index contributed by atoms with van der Waals surface area (Å²) in [5.74, 6) is 0.549. The minimum absolute atomic E-state index is 0.117. The summed E-state index contributed by atoms with van der Waals surface area (Å²) < 4.78 is 6.66. The molecule has 0 saturated heterocycles. The van der Waals surface area contributed by atoms with Crippen molar-refractivity contribution in [1.82, 2.24) is 20.3 Å². The number of aromatic nitrogens is 3. The van der Waals surface area contributed by atoms with Crippen molar-refractivity contribution in [2.24, 2.45) is 0 Å². The molecule has 7 nitrogen and oxygen atoms in total. The summed E-state index contributed by atoms with van der Waals surface area (Å²) >= 11 is 0. The van der Waals surface area contributed by atoms with E-state index < -0.39 is 6.04 Å². The van der Waals surface area contributed by atoms with Crippen LogP contribution in [-0.2, 0) is 17.8 Å². The van der Waals surface area contributed by atoms with Gasteiger partial charge in [-0.2, -0.15) is 0 Å². The molecule has 0 spiro atoms. The Balaban J connectivity index is 1.87. The molecule has 108 valence electrons. The standard InChI is InChI=1S/C13H18N4O3/c1-10(13(19)14-8-12-5-3-7-20-12)17-9-11(15-16-17)4-2-6-18/h3,5,7,9-10,18H,2,4,6,8H2,1H3,(H,14,19). The number of amides is 1. The predicted molar refractivity (Wildman–Crippen MR) is 70.7 cm³/mol. The van der Waals surface area contributed by atoms with E-state index in [0.717, 1.165) is 5.69 Å². The molecular formula is C13H18N4O3.